The normalized spacial score (nSPS) is 12.7. The van der Waals surface area contributed by atoms with E-state index in [1.807, 2.05) is 19.1 Å². The van der Waals surface area contributed by atoms with Crippen molar-refractivity contribution in [3.63, 3.8) is 0 Å². The summed E-state index contributed by atoms with van der Waals surface area (Å²) in [5, 5.41) is 0. The third-order valence-corrected chi connectivity index (χ3v) is 7.96. The molecule has 242 valence electrons. The summed E-state index contributed by atoms with van der Waals surface area (Å²) in [4.78, 5) is 16.5. The number of allylic oxidation sites excluding steroid dienone is 10. The Labute approximate surface area is 273 Å². The van der Waals surface area contributed by atoms with Gasteiger partial charge in [-0.2, -0.15) is 0 Å². The predicted octanol–water partition coefficient (Wildman–Crippen LogP) is 8.61. The summed E-state index contributed by atoms with van der Waals surface area (Å²) in [6.45, 7) is 28.3. The molecule has 0 heterocycles. The molecule has 0 atom stereocenters. The molecular formula is C40H56N3O2+. The molecule has 0 spiro atoms. The van der Waals surface area contributed by atoms with Gasteiger partial charge >= 0.3 is 5.97 Å². The highest BCUT2D eigenvalue weighted by atomic mass is 16.5. The van der Waals surface area contributed by atoms with E-state index >= 15 is 0 Å². The minimum absolute atomic E-state index is 0.309. The molecule has 0 saturated heterocycles. The lowest BCUT2D eigenvalue weighted by molar-refractivity contribution is -0.519. The van der Waals surface area contributed by atoms with E-state index in [9.17, 15) is 4.79 Å². The van der Waals surface area contributed by atoms with E-state index in [1.165, 1.54) is 33.7 Å². The Morgan fingerprint density at radius 2 is 1.67 bits per heavy atom. The van der Waals surface area contributed by atoms with Crippen LogP contribution >= 0.6 is 0 Å². The maximum atomic E-state index is 11.9. The fourth-order valence-electron chi connectivity index (χ4n) is 5.49. The molecule has 0 fully saturated rings. The van der Waals surface area contributed by atoms with Crippen LogP contribution in [0.1, 0.15) is 72.9 Å². The first kappa shape index (κ1) is 37.1. The minimum Gasteiger partial charge on any atom is -0.460 e. The van der Waals surface area contributed by atoms with Crippen molar-refractivity contribution in [1.29, 1.82) is 0 Å². The third-order valence-electron chi connectivity index (χ3n) is 7.96. The van der Waals surface area contributed by atoms with E-state index in [0.29, 0.717) is 18.7 Å². The monoisotopic (exact) mass is 610 g/mol. The highest BCUT2D eigenvalue weighted by Crippen LogP contribution is 2.33. The van der Waals surface area contributed by atoms with Crippen LogP contribution in [-0.2, 0) is 9.53 Å². The van der Waals surface area contributed by atoms with Crippen LogP contribution in [-0.4, -0.2) is 67.0 Å². The van der Waals surface area contributed by atoms with Crippen molar-refractivity contribution < 1.29 is 14.1 Å². The highest BCUT2D eigenvalue weighted by Gasteiger charge is 2.16. The molecule has 0 aromatic heterocycles. The van der Waals surface area contributed by atoms with Crippen LogP contribution in [0, 0.1) is 6.92 Å². The maximum absolute atomic E-state index is 11.9. The van der Waals surface area contributed by atoms with Gasteiger partial charge in [0.2, 0.25) is 0 Å². The van der Waals surface area contributed by atoms with Crippen molar-refractivity contribution in [2.24, 2.45) is 0 Å². The summed E-state index contributed by atoms with van der Waals surface area (Å²) in [7, 11) is 0. The molecule has 0 amide bonds. The number of esters is 1. The van der Waals surface area contributed by atoms with Crippen molar-refractivity contribution in [2.75, 3.05) is 50.8 Å². The van der Waals surface area contributed by atoms with Gasteiger partial charge in [-0.25, -0.2) is 9.37 Å². The summed E-state index contributed by atoms with van der Waals surface area (Å²) >= 11 is 0. The lowest BCUT2D eigenvalue weighted by Gasteiger charge is -2.25. The molecular weight excluding hydrogens is 554 g/mol. The molecule has 1 aliphatic carbocycles. The summed E-state index contributed by atoms with van der Waals surface area (Å²) < 4.78 is 7.76. The van der Waals surface area contributed by atoms with E-state index in [2.05, 4.69) is 130 Å². The van der Waals surface area contributed by atoms with E-state index < -0.39 is 0 Å². The van der Waals surface area contributed by atoms with Gasteiger partial charge in [-0.05, 0) is 132 Å². The number of ether oxygens (including phenoxy) is 1. The Bertz CT molecular complexity index is 1410. The zero-order chi connectivity index (χ0) is 33.4. The number of hydrogen-bond acceptors (Lipinski definition) is 4. The molecule has 5 nitrogen and oxygen atoms in total. The van der Waals surface area contributed by atoms with Gasteiger partial charge in [0.05, 0.1) is 6.54 Å². The molecule has 1 aromatic carbocycles. The average molecular weight is 611 g/mol. The van der Waals surface area contributed by atoms with Crippen molar-refractivity contribution in [3.8, 4) is 0 Å². The fraction of sp³-hybridized carbons (Fsp3) is 0.425. The Balaban J connectivity index is 2.63. The molecule has 0 unspecified atom stereocenters. The van der Waals surface area contributed by atoms with Crippen LogP contribution in [0.3, 0.4) is 0 Å². The average Bonchev–Trinajstić information content (AvgIpc) is 3.03. The predicted molar refractivity (Wildman–Crippen MR) is 194 cm³/mol. The van der Waals surface area contributed by atoms with Crippen LogP contribution in [0.25, 0.3) is 5.57 Å². The smallest absolute Gasteiger partial charge is 0.333 e. The fourth-order valence-corrected chi connectivity index (χ4v) is 5.49. The number of carbonyl (C=O) groups excluding carboxylic acids is 1. The third kappa shape index (κ3) is 10.8. The molecule has 0 bridgehead atoms. The van der Waals surface area contributed by atoms with Crippen molar-refractivity contribution >= 4 is 22.9 Å². The summed E-state index contributed by atoms with van der Waals surface area (Å²) in [5.74, 6) is -0.352. The molecule has 0 saturated carbocycles. The van der Waals surface area contributed by atoms with E-state index in [0.717, 1.165) is 50.4 Å². The van der Waals surface area contributed by atoms with Gasteiger partial charge in [0.15, 0.2) is 5.71 Å². The number of hydrogen-bond donors (Lipinski definition) is 0. The topological polar surface area (TPSA) is 35.8 Å². The van der Waals surface area contributed by atoms with Gasteiger partial charge in [-0.3, -0.25) is 0 Å². The second-order valence-electron chi connectivity index (χ2n) is 11.2. The van der Waals surface area contributed by atoms with Gasteiger partial charge in [0.25, 0.3) is 0 Å². The highest BCUT2D eigenvalue weighted by molar-refractivity contribution is 6.04. The Morgan fingerprint density at radius 1 is 1.00 bits per heavy atom. The number of benzene rings is 1. The first-order chi connectivity index (χ1) is 21.6. The van der Waals surface area contributed by atoms with Gasteiger partial charge in [0.1, 0.15) is 19.7 Å². The van der Waals surface area contributed by atoms with Crippen LogP contribution in [0.2, 0.25) is 0 Å². The number of nitrogens with zero attached hydrogens (tertiary/aromatic N) is 3. The molecule has 0 aliphatic heterocycles. The van der Waals surface area contributed by atoms with Crippen molar-refractivity contribution in [1.82, 2.24) is 4.90 Å². The molecule has 1 aliphatic rings. The SMILES string of the molecule is C=C(C)C(=O)OCCN(CCC)C(/C=C\C)=C/C=C=C(C)C(=C1C=CC(=[N+](CC)CC)C=C1)c1ccc(N(CC)CC)cc1C. The minimum atomic E-state index is -0.352. The molecule has 45 heavy (non-hydrogen) atoms. The maximum Gasteiger partial charge on any atom is 0.333 e. The van der Waals surface area contributed by atoms with Crippen LogP contribution < -0.4 is 4.90 Å². The molecule has 1 aromatic rings. The number of anilines is 1. The van der Waals surface area contributed by atoms with Gasteiger partial charge in [0, 0.05) is 48.7 Å². The van der Waals surface area contributed by atoms with Crippen LogP contribution in [0.15, 0.2) is 102 Å². The van der Waals surface area contributed by atoms with Crippen LogP contribution in [0.4, 0.5) is 5.69 Å². The Hall–Kier alpha value is -4.08. The van der Waals surface area contributed by atoms with E-state index in [1.54, 1.807) is 6.92 Å². The van der Waals surface area contributed by atoms with Crippen molar-refractivity contribution in [2.45, 2.75) is 68.7 Å². The number of aryl methyl sites for hydroxylation is 1. The molecule has 2 rings (SSSR count). The Morgan fingerprint density at radius 3 is 2.20 bits per heavy atom. The largest absolute Gasteiger partial charge is 0.460 e. The van der Waals surface area contributed by atoms with Crippen LogP contribution in [0.5, 0.6) is 0 Å². The first-order valence-electron chi connectivity index (χ1n) is 16.6. The summed E-state index contributed by atoms with van der Waals surface area (Å²) in [6.07, 6.45) is 18.1. The second-order valence-corrected chi connectivity index (χ2v) is 11.2. The van der Waals surface area contributed by atoms with Gasteiger partial charge < -0.3 is 14.5 Å². The first-order valence-corrected chi connectivity index (χ1v) is 16.6. The molecule has 0 radical (unpaired) electrons. The lowest BCUT2D eigenvalue weighted by atomic mass is 9.89. The molecule has 5 heteroatoms. The van der Waals surface area contributed by atoms with E-state index in [4.69, 9.17) is 4.74 Å². The number of carbonyl (C=O) groups is 1. The Kier molecular flexibility index (Phi) is 15.9. The van der Waals surface area contributed by atoms with Gasteiger partial charge in [-0.15, -0.1) is 5.73 Å². The zero-order valence-electron chi connectivity index (χ0n) is 29.4. The van der Waals surface area contributed by atoms with Crippen molar-refractivity contribution in [3.05, 3.63) is 113 Å². The number of rotatable bonds is 16. The lowest BCUT2D eigenvalue weighted by Crippen LogP contribution is -2.28. The summed E-state index contributed by atoms with van der Waals surface area (Å²) in [5.41, 5.74) is 13.4. The zero-order valence-corrected chi connectivity index (χ0v) is 29.4. The van der Waals surface area contributed by atoms with Gasteiger partial charge in [-0.1, -0.05) is 25.6 Å². The van der Waals surface area contributed by atoms with E-state index in [-0.39, 0.29) is 5.97 Å². The quantitative estimate of drug-likeness (QED) is 0.0617. The standard InChI is InChI=1S/C40H56N3O2/c1-11-18-35(43(27-12-2)28-29-45-40(44)31(7)8)20-17-19-32(9)39(34-21-23-36(24-22-34)41(13-3)14-4)38-26-25-37(30-33(38)10)42(15-5)16-6/h11,17-18,20-26,30H,7,12-16,27-29H2,1-6,8-10H3/q+1/b18-11-,35-20+. The summed E-state index contributed by atoms with van der Waals surface area (Å²) in [6, 6.07) is 6.80. The molecule has 0 N–H and O–H groups in total. The second kappa shape index (κ2) is 19.3.